The molecule has 0 amide bonds. The molecule has 3 aliphatic heterocycles. The topological polar surface area (TPSA) is 43.7 Å². The minimum atomic E-state index is -0.840. The second-order valence-electron chi connectivity index (χ2n) is 7.66. The second kappa shape index (κ2) is 6.81. The number of hydrogen-bond donors (Lipinski definition) is 2. The first-order valence-electron chi connectivity index (χ1n) is 9.44. The number of fused-ring (bicyclic) bond motifs is 3. The third kappa shape index (κ3) is 3.19. The number of hydrogen-bond acceptors (Lipinski definition) is 3. The highest BCUT2D eigenvalue weighted by Gasteiger charge is 2.47. The van der Waals surface area contributed by atoms with Crippen molar-refractivity contribution in [3.63, 3.8) is 0 Å². The van der Waals surface area contributed by atoms with E-state index in [1.807, 2.05) is 36.4 Å². The quantitative estimate of drug-likeness (QED) is 0.877. The summed E-state index contributed by atoms with van der Waals surface area (Å²) in [4.78, 5) is 2.50. The van der Waals surface area contributed by atoms with Crippen LogP contribution in [0.2, 0.25) is 0 Å². The molecule has 2 aromatic rings. The first-order chi connectivity index (χ1) is 12.2. The molecular weight excluding hydrogens is 310 g/mol. The number of para-hydroxylation sites is 1. The van der Waals surface area contributed by atoms with Crippen LogP contribution in [0.4, 0.5) is 0 Å². The fourth-order valence-electron chi connectivity index (χ4n) is 4.82. The summed E-state index contributed by atoms with van der Waals surface area (Å²) in [5.41, 5.74) is 1.09. The monoisotopic (exact) mass is 337 g/mol. The molecule has 0 radical (unpaired) electrons. The van der Waals surface area contributed by atoms with Crippen LogP contribution in [0.1, 0.15) is 30.4 Å². The Morgan fingerprint density at radius 2 is 1.64 bits per heavy atom. The highest BCUT2D eigenvalue weighted by atomic mass is 16.3. The van der Waals surface area contributed by atoms with Gasteiger partial charge in [0.1, 0.15) is 5.75 Å². The number of phenols is 1. The Morgan fingerprint density at radius 1 is 0.960 bits per heavy atom. The lowest BCUT2D eigenvalue weighted by atomic mass is 9.66. The summed E-state index contributed by atoms with van der Waals surface area (Å²) in [6, 6.07) is 17.6. The zero-order valence-electron chi connectivity index (χ0n) is 14.6. The van der Waals surface area contributed by atoms with Gasteiger partial charge in [-0.05, 0) is 61.9 Å². The van der Waals surface area contributed by atoms with E-state index in [4.69, 9.17) is 0 Å². The van der Waals surface area contributed by atoms with E-state index in [2.05, 4.69) is 17.0 Å². The number of aryl methyl sites for hydroxylation is 1. The molecule has 3 heteroatoms. The molecule has 5 rings (SSSR count). The molecule has 2 atom stereocenters. The summed E-state index contributed by atoms with van der Waals surface area (Å²) >= 11 is 0. The molecule has 2 unspecified atom stereocenters. The van der Waals surface area contributed by atoms with Crippen LogP contribution in [0.25, 0.3) is 0 Å². The Labute approximate surface area is 149 Å². The lowest BCUT2D eigenvalue weighted by molar-refractivity contribution is -0.106. The smallest absolute Gasteiger partial charge is 0.118 e. The van der Waals surface area contributed by atoms with Gasteiger partial charge in [-0.3, -0.25) is 0 Å². The summed E-state index contributed by atoms with van der Waals surface area (Å²) in [6.45, 7) is 3.33. The van der Waals surface area contributed by atoms with Gasteiger partial charge in [0.25, 0.3) is 0 Å². The van der Waals surface area contributed by atoms with Crippen molar-refractivity contribution in [3.8, 4) is 5.75 Å². The number of aliphatic hydroxyl groups is 1. The van der Waals surface area contributed by atoms with E-state index in [-0.39, 0.29) is 5.92 Å². The van der Waals surface area contributed by atoms with Crippen molar-refractivity contribution in [2.75, 3.05) is 19.6 Å². The summed E-state index contributed by atoms with van der Waals surface area (Å²) < 4.78 is 0. The zero-order valence-corrected chi connectivity index (χ0v) is 14.6. The number of nitrogens with zero attached hydrogens (tertiary/aromatic N) is 1. The maximum Gasteiger partial charge on any atom is 0.118 e. The minimum Gasteiger partial charge on any atom is -0.508 e. The Kier molecular flexibility index (Phi) is 4.53. The Bertz CT molecular complexity index is 709. The number of rotatable bonds is 5. The average molecular weight is 337 g/mol. The van der Waals surface area contributed by atoms with E-state index < -0.39 is 5.60 Å². The van der Waals surface area contributed by atoms with E-state index in [1.54, 1.807) is 6.07 Å². The van der Waals surface area contributed by atoms with Crippen LogP contribution in [-0.2, 0) is 12.0 Å². The Morgan fingerprint density at radius 3 is 2.28 bits per heavy atom. The van der Waals surface area contributed by atoms with E-state index in [0.29, 0.717) is 24.5 Å². The highest BCUT2D eigenvalue weighted by Crippen LogP contribution is 2.45. The van der Waals surface area contributed by atoms with Crippen molar-refractivity contribution in [1.29, 1.82) is 0 Å². The summed E-state index contributed by atoms with van der Waals surface area (Å²) in [7, 11) is 0. The number of aromatic hydroxyl groups is 1. The molecule has 3 nitrogen and oxygen atoms in total. The summed E-state index contributed by atoms with van der Waals surface area (Å²) in [5.74, 6) is 1.19. The van der Waals surface area contributed by atoms with Gasteiger partial charge in [0.05, 0.1) is 5.60 Å². The van der Waals surface area contributed by atoms with Crippen LogP contribution >= 0.6 is 0 Å². The standard InChI is InChI=1S/C22H27NO2/c24-21-9-5-4-6-18(21)10-13-22(25,19-7-2-1-3-8-19)20-16-23-14-11-17(20)12-15-23/h1-9,17,20,24-25H,10-16H2. The zero-order chi connectivity index (χ0) is 17.3. The van der Waals surface area contributed by atoms with Crippen LogP contribution in [0.3, 0.4) is 0 Å². The molecule has 132 valence electrons. The van der Waals surface area contributed by atoms with Crippen LogP contribution in [-0.4, -0.2) is 34.7 Å². The molecule has 2 N–H and O–H groups in total. The predicted octanol–water partition coefficient (Wildman–Crippen LogP) is 3.55. The van der Waals surface area contributed by atoms with Crippen molar-refractivity contribution in [2.24, 2.45) is 11.8 Å². The molecule has 3 heterocycles. The third-order valence-electron chi connectivity index (χ3n) is 6.31. The molecule has 3 aliphatic rings. The largest absolute Gasteiger partial charge is 0.508 e. The van der Waals surface area contributed by atoms with Gasteiger partial charge < -0.3 is 15.1 Å². The van der Waals surface area contributed by atoms with Gasteiger partial charge in [0.2, 0.25) is 0 Å². The van der Waals surface area contributed by atoms with Crippen LogP contribution < -0.4 is 0 Å². The molecule has 2 bridgehead atoms. The van der Waals surface area contributed by atoms with E-state index >= 15 is 0 Å². The van der Waals surface area contributed by atoms with Crippen molar-refractivity contribution in [2.45, 2.75) is 31.3 Å². The fourth-order valence-corrected chi connectivity index (χ4v) is 4.82. The maximum atomic E-state index is 11.9. The van der Waals surface area contributed by atoms with Crippen molar-refractivity contribution in [1.82, 2.24) is 4.90 Å². The van der Waals surface area contributed by atoms with Crippen molar-refractivity contribution in [3.05, 3.63) is 65.7 Å². The maximum absolute atomic E-state index is 11.9. The average Bonchev–Trinajstić information content (AvgIpc) is 2.68. The summed E-state index contributed by atoms with van der Waals surface area (Å²) in [5, 5.41) is 22.0. The molecule has 3 fully saturated rings. The van der Waals surface area contributed by atoms with E-state index in [0.717, 1.165) is 17.7 Å². The first-order valence-corrected chi connectivity index (χ1v) is 9.44. The lowest BCUT2D eigenvalue weighted by Crippen LogP contribution is -2.55. The first kappa shape index (κ1) is 16.6. The molecule has 0 saturated carbocycles. The van der Waals surface area contributed by atoms with Crippen LogP contribution in [0.15, 0.2) is 54.6 Å². The second-order valence-corrected chi connectivity index (χ2v) is 7.66. The van der Waals surface area contributed by atoms with Crippen LogP contribution in [0, 0.1) is 11.8 Å². The van der Waals surface area contributed by atoms with Gasteiger partial charge in [-0.2, -0.15) is 0 Å². The molecule has 25 heavy (non-hydrogen) atoms. The predicted molar refractivity (Wildman–Crippen MR) is 99.4 cm³/mol. The minimum absolute atomic E-state index is 0.267. The number of benzene rings is 2. The molecule has 0 aromatic heterocycles. The Balaban J connectivity index is 1.63. The van der Waals surface area contributed by atoms with E-state index in [9.17, 15) is 10.2 Å². The third-order valence-corrected chi connectivity index (χ3v) is 6.31. The van der Waals surface area contributed by atoms with E-state index in [1.165, 1.54) is 25.9 Å². The Hall–Kier alpha value is -1.84. The van der Waals surface area contributed by atoms with Crippen molar-refractivity contribution >= 4 is 0 Å². The molecule has 0 aliphatic carbocycles. The van der Waals surface area contributed by atoms with Crippen molar-refractivity contribution < 1.29 is 10.2 Å². The number of piperidine rings is 3. The van der Waals surface area contributed by atoms with Gasteiger partial charge in [0, 0.05) is 12.5 Å². The molecule has 0 spiro atoms. The highest BCUT2D eigenvalue weighted by molar-refractivity contribution is 5.33. The molecule has 2 aromatic carbocycles. The fraction of sp³-hybridized carbons (Fsp3) is 0.455. The number of phenolic OH excluding ortho intramolecular Hbond substituents is 1. The van der Waals surface area contributed by atoms with Gasteiger partial charge in [-0.15, -0.1) is 0 Å². The van der Waals surface area contributed by atoms with Crippen LogP contribution in [0.5, 0.6) is 5.75 Å². The lowest BCUT2D eigenvalue weighted by Gasteiger charge is -2.51. The molecule has 3 saturated heterocycles. The summed E-state index contributed by atoms with van der Waals surface area (Å²) in [6.07, 6.45) is 3.71. The van der Waals surface area contributed by atoms with Gasteiger partial charge in [-0.25, -0.2) is 0 Å². The SMILES string of the molecule is Oc1ccccc1CCC(O)(c1ccccc1)C1CN2CCC1CC2. The molecular formula is C22H27NO2. The normalized spacial score (nSPS) is 27.8. The van der Waals surface area contributed by atoms with Gasteiger partial charge >= 0.3 is 0 Å². The van der Waals surface area contributed by atoms with Gasteiger partial charge in [0.15, 0.2) is 0 Å². The van der Waals surface area contributed by atoms with Gasteiger partial charge in [-0.1, -0.05) is 48.5 Å².